The number of hydrogen-bond acceptors (Lipinski definition) is 10. The van der Waals surface area contributed by atoms with Gasteiger partial charge in [0.25, 0.3) is 5.69 Å². The van der Waals surface area contributed by atoms with Crippen LogP contribution >= 0.6 is 0 Å². The van der Waals surface area contributed by atoms with Crippen LogP contribution in [0, 0.1) is 21.4 Å². The van der Waals surface area contributed by atoms with Crippen molar-refractivity contribution in [1.82, 2.24) is 20.9 Å². The van der Waals surface area contributed by atoms with Gasteiger partial charge in [0.05, 0.1) is 11.5 Å². The van der Waals surface area contributed by atoms with Crippen LogP contribution in [0.25, 0.3) is 0 Å². The Kier molecular flexibility index (Phi) is 15.1. The minimum atomic E-state index is -1.40. The van der Waals surface area contributed by atoms with Crippen LogP contribution < -0.4 is 27.0 Å². The highest BCUT2D eigenvalue weighted by molar-refractivity contribution is 5.99. The fraction of sp³-hybridized carbons (Fsp3) is 0.600. The lowest BCUT2D eigenvalue weighted by Gasteiger charge is -2.33. The molecule has 17 heteroatoms. The fourth-order valence-corrected chi connectivity index (χ4v) is 3.95. The number of guanidine groups is 1. The van der Waals surface area contributed by atoms with Crippen molar-refractivity contribution in [1.29, 1.82) is 5.41 Å². The molecule has 262 valence electrons. The highest BCUT2D eigenvalue weighted by Crippen LogP contribution is 2.21. The number of benzene rings is 1. The molecule has 0 radical (unpaired) electrons. The van der Waals surface area contributed by atoms with Crippen molar-refractivity contribution in [3.63, 3.8) is 0 Å². The third kappa shape index (κ3) is 15.7. The maximum absolute atomic E-state index is 13.5. The van der Waals surface area contributed by atoms with Gasteiger partial charge in [-0.3, -0.25) is 29.9 Å². The molecule has 0 heterocycles. The lowest BCUT2D eigenvalue weighted by atomic mass is 10.0. The number of nitrogens with one attached hydrogen (secondary N) is 5. The first-order valence-electron chi connectivity index (χ1n) is 15.0. The molecule has 1 rings (SSSR count). The number of nitro benzene ring substituents is 1. The summed E-state index contributed by atoms with van der Waals surface area (Å²) in [5.41, 5.74) is 3.37. The van der Waals surface area contributed by atoms with E-state index in [0.29, 0.717) is 11.3 Å². The summed E-state index contributed by atoms with van der Waals surface area (Å²) in [6.45, 7) is 12.8. The molecule has 2 atom stereocenters. The number of rotatable bonds is 14. The molecule has 0 saturated heterocycles. The van der Waals surface area contributed by atoms with Gasteiger partial charge in [-0.25, -0.2) is 9.59 Å². The number of carbonyl (C=O) groups excluding carboxylic acids is 5. The largest absolute Gasteiger partial charge is 0.443 e. The Bertz CT molecular complexity index is 1260. The molecule has 17 nitrogen and oxygen atoms in total. The third-order valence-corrected chi connectivity index (χ3v) is 5.89. The number of hydrogen-bond donors (Lipinski definition) is 6. The van der Waals surface area contributed by atoms with E-state index in [4.69, 9.17) is 20.6 Å². The molecule has 5 amide bonds. The zero-order valence-corrected chi connectivity index (χ0v) is 28.2. The van der Waals surface area contributed by atoms with Crippen molar-refractivity contribution in [3.05, 3.63) is 34.4 Å². The number of nitro groups is 1. The topological polar surface area (TPSA) is 248 Å². The number of nitrogens with two attached hydrogens (primary N) is 1. The van der Waals surface area contributed by atoms with Crippen LogP contribution in [-0.4, -0.2) is 82.1 Å². The summed E-state index contributed by atoms with van der Waals surface area (Å²) in [4.78, 5) is 76.8. The van der Waals surface area contributed by atoms with Gasteiger partial charge in [0.15, 0.2) is 5.96 Å². The van der Waals surface area contributed by atoms with E-state index in [2.05, 4.69) is 21.3 Å². The van der Waals surface area contributed by atoms with Crippen molar-refractivity contribution in [3.8, 4) is 0 Å². The Morgan fingerprint density at radius 1 is 0.936 bits per heavy atom. The predicted molar refractivity (Wildman–Crippen MR) is 173 cm³/mol. The smallest absolute Gasteiger partial charge is 0.420 e. The average Bonchev–Trinajstić information content (AvgIpc) is 2.90. The molecule has 0 aliphatic rings. The monoisotopic (exact) mass is 664 g/mol. The van der Waals surface area contributed by atoms with E-state index in [0.717, 1.165) is 0 Å². The van der Waals surface area contributed by atoms with Crippen molar-refractivity contribution >= 4 is 47.2 Å². The first-order valence-corrected chi connectivity index (χ1v) is 15.0. The summed E-state index contributed by atoms with van der Waals surface area (Å²) in [6.07, 6.45) is -1.77. The van der Waals surface area contributed by atoms with Gasteiger partial charge in [0.1, 0.15) is 23.3 Å². The number of imide groups is 1. The van der Waals surface area contributed by atoms with Crippen LogP contribution in [0.5, 0.6) is 0 Å². The van der Waals surface area contributed by atoms with E-state index in [1.165, 1.54) is 24.3 Å². The summed E-state index contributed by atoms with van der Waals surface area (Å²) in [6, 6.07) is 2.58. The molecular formula is C30H48N8O9. The zero-order chi connectivity index (χ0) is 36.1. The minimum absolute atomic E-state index is 0.0232. The molecule has 0 spiro atoms. The van der Waals surface area contributed by atoms with Gasteiger partial charge in [0, 0.05) is 24.4 Å². The van der Waals surface area contributed by atoms with Gasteiger partial charge in [-0.1, -0.05) is 13.8 Å². The first-order chi connectivity index (χ1) is 21.6. The predicted octanol–water partition coefficient (Wildman–Crippen LogP) is 2.98. The van der Waals surface area contributed by atoms with Crippen molar-refractivity contribution < 1.29 is 38.4 Å². The van der Waals surface area contributed by atoms with E-state index in [1.54, 1.807) is 55.4 Å². The Balaban J connectivity index is 3.15. The highest BCUT2D eigenvalue weighted by Gasteiger charge is 2.40. The number of anilines is 1. The van der Waals surface area contributed by atoms with Crippen LogP contribution in [0.1, 0.15) is 74.7 Å². The Morgan fingerprint density at radius 2 is 1.47 bits per heavy atom. The first kappa shape index (κ1) is 40.1. The number of nitrogens with zero attached hydrogens (tertiary/aromatic N) is 2. The fourth-order valence-electron chi connectivity index (χ4n) is 3.95. The molecule has 1 aromatic rings. The summed E-state index contributed by atoms with van der Waals surface area (Å²) in [7, 11) is 0. The van der Waals surface area contributed by atoms with E-state index in [-0.39, 0.29) is 42.6 Å². The Labute approximate surface area is 274 Å². The van der Waals surface area contributed by atoms with Gasteiger partial charge in [-0.2, -0.15) is 4.90 Å². The minimum Gasteiger partial charge on any atom is -0.443 e. The molecule has 47 heavy (non-hydrogen) atoms. The van der Waals surface area contributed by atoms with E-state index >= 15 is 0 Å². The Hall–Kier alpha value is -4.96. The van der Waals surface area contributed by atoms with E-state index in [1.807, 2.05) is 0 Å². The molecule has 0 aliphatic carbocycles. The second-order valence-corrected chi connectivity index (χ2v) is 13.1. The van der Waals surface area contributed by atoms with Gasteiger partial charge >= 0.3 is 12.2 Å². The van der Waals surface area contributed by atoms with Crippen LogP contribution in [0.15, 0.2) is 24.3 Å². The maximum Gasteiger partial charge on any atom is 0.420 e. The summed E-state index contributed by atoms with van der Waals surface area (Å²) < 4.78 is 10.8. The summed E-state index contributed by atoms with van der Waals surface area (Å²) in [5, 5.41) is 28.4. The van der Waals surface area contributed by atoms with Crippen LogP contribution in [0.3, 0.4) is 0 Å². The highest BCUT2D eigenvalue weighted by atomic mass is 16.6. The standard InChI is InChI=1S/C30H48N8O9/c1-18(2)16-22(37(27(42)46-29(3,4)5)28(43)47-30(6,7)8)25(41)34-17-23(39)36-21(10-9-15-33-26(31)32)24(40)35-19-11-13-20(14-12-19)38(44)45/h11-14,18,21-22H,9-10,15-17H2,1-8H3,(H,34,41)(H,35,40)(H,36,39)(H4,31,32,33)/t21-,22-/m0/s1. The second-order valence-electron chi connectivity index (χ2n) is 13.1. The number of amides is 5. The van der Waals surface area contributed by atoms with Crippen LogP contribution in [0.4, 0.5) is 21.0 Å². The molecular weight excluding hydrogens is 616 g/mol. The van der Waals surface area contributed by atoms with Crippen molar-refractivity contribution in [2.45, 2.75) is 97.9 Å². The van der Waals surface area contributed by atoms with E-state index in [9.17, 15) is 34.1 Å². The molecule has 0 fully saturated rings. The van der Waals surface area contributed by atoms with Gasteiger partial charge < -0.3 is 36.5 Å². The lowest BCUT2D eigenvalue weighted by Crippen LogP contribution is -2.56. The van der Waals surface area contributed by atoms with Crippen molar-refractivity contribution in [2.75, 3.05) is 18.4 Å². The zero-order valence-electron chi connectivity index (χ0n) is 28.2. The average molecular weight is 665 g/mol. The molecule has 0 saturated carbocycles. The van der Waals surface area contributed by atoms with Gasteiger partial charge in [-0.15, -0.1) is 0 Å². The van der Waals surface area contributed by atoms with Crippen LogP contribution in [0.2, 0.25) is 0 Å². The normalized spacial score (nSPS) is 12.6. The number of ether oxygens (including phenoxy) is 2. The summed E-state index contributed by atoms with van der Waals surface area (Å²) in [5.74, 6) is -2.68. The molecule has 0 aromatic heterocycles. The molecule has 0 bridgehead atoms. The Morgan fingerprint density at radius 3 is 1.91 bits per heavy atom. The van der Waals surface area contributed by atoms with Crippen LogP contribution in [-0.2, 0) is 23.9 Å². The maximum atomic E-state index is 13.5. The number of non-ortho nitro benzene ring substituents is 1. The number of carbonyl (C=O) groups is 5. The van der Waals surface area contributed by atoms with Crippen molar-refractivity contribution in [2.24, 2.45) is 11.7 Å². The van der Waals surface area contributed by atoms with Gasteiger partial charge in [-0.05, 0) is 78.9 Å². The lowest BCUT2D eigenvalue weighted by molar-refractivity contribution is -0.384. The molecule has 1 aromatic carbocycles. The third-order valence-electron chi connectivity index (χ3n) is 5.89. The second kappa shape index (κ2) is 17.7. The summed E-state index contributed by atoms with van der Waals surface area (Å²) >= 11 is 0. The molecule has 0 unspecified atom stereocenters. The van der Waals surface area contributed by atoms with Gasteiger partial charge in [0.2, 0.25) is 17.7 Å². The SMILES string of the molecule is CC(C)C[C@@H](C(=O)NCC(=O)N[C@@H](CCCNC(=N)N)C(=O)Nc1ccc([N+](=O)[O-])cc1)N(C(=O)OC(C)(C)C)C(=O)OC(C)(C)C. The quantitative estimate of drug-likeness (QED) is 0.0554. The molecule has 0 aliphatic heterocycles. The molecule has 7 N–H and O–H groups in total. The van der Waals surface area contributed by atoms with E-state index < -0.39 is 64.7 Å².